The number of ether oxygens (including phenoxy) is 3. The predicted molar refractivity (Wildman–Crippen MR) is 154 cm³/mol. The van der Waals surface area contributed by atoms with E-state index in [1.54, 1.807) is 48.5 Å². The van der Waals surface area contributed by atoms with Gasteiger partial charge in [0.1, 0.15) is 12.0 Å². The first-order valence-electron chi connectivity index (χ1n) is 13.8. The second kappa shape index (κ2) is 13.5. The maximum absolute atomic E-state index is 12.5. The number of amides is 2. The molecule has 2 aromatic rings. The molecule has 46 heavy (non-hydrogen) atoms. The molecule has 0 spiro atoms. The first-order chi connectivity index (χ1) is 21.8. The van der Waals surface area contributed by atoms with E-state index in [0.717, 1.165) is 16.9 Å². The Morgan fingerprint density at radius 1 is 0.739 bits per heavy atom. The van der Waals surface area contributed by atoms with Crippen molar-refractivity contribution in [3.05, 3.63) is 54.1 Å². The van der Waals surface area contributed by atoms with Crippen LogP contribution in [0.4, 0.5) is 17.1 Å². The number of cyclic esters (lactones) is 4. The van der Waals surface area contributed by atoms with Gasteiger partial charge in [0.15, 0.2) is 0 Å². The molecule has 242 valence electrons. The number of hydrogen-bond acceptors (Lipinski definition) is 13. The molecule has 2 saturated carbocycles. The molecule has 2 aromatic carbocycles. The summed E-state index contributed by atoms with van der Waals surface area (Å²) < 4.78 is 13.4. The Bertz CT molecular complexity index is 1470. The van der Waals surface area contributed by atoms with Gasteiger partial charge in [-0.1, -0.05) is 17.7 Å². The summed E-state index contributed by atoms with van der Waals surface area (Å²) >= 11 is 0. The molecule has 0 aromatic heterocycles. The second-order valence-corrected chi connectivity index (χ2v) is 10.8. The van der Waals surface area contributed by atoms with Gasteiger partial charge in [-0.3, -0.25) is 38.4 Å². The summed E-state index contributed by atoms with van der Waals surface area (Å²) in [7, 11) is 1.36. The van der Waals surface area contributed by atoms with Gasteiger partial charge in [0.05, 0.1) is 35.5 Å². The smallest absolute Gasteiger partial charge is 0.318 e. The van der Waals surface area contributed by atoms with Crippen molar-refractivity contribution < 1.29 is 57.7 Å². The van der Waals surface area contributed by atoms with E-state index in [1.807, 2.05) is 6.92 Å². The monoisotopic (exact) mass is 638 g/mol. The molecule has 7 N–H and O–H groups in total. The zero-order valence-corrected chi connectivity index (χ0v) is 24.4. The lowest BCUT2D eigenvalue weighted by molar-refractivity contribution is -0.187. The van der Waals surface area contributed by atoms with E-state index in [4.69, 9.17) is 16.2 Å². The standard InChI is InChI=1S/C16H18N2O6.C8H4O6.C6H8N2/c1-8-3-5-9(6-4-8)18-15(21)10-11(14(20)17-2)13(24-7-19)12(10)16(22)23;9-5-1-2(6(10)13-5)4-3(1)7(11)14-8(4)12;7-5-1-2-6(8)4-3-5/h3-7,10-13H,1-2H3,(H,17,20)(H,18,21)(H,22,23);1-4H;1-4H,7-8H2. The number of aryl methyl sites for hydroxylation is 1. The quantitative estimate of drug-likeness (QED) is 0.0891. The first kappa shape index (κ1) is 33.1. The molecular weight excluding hydrogens is 608 g/mol. The van der Waals surface area contributed by atoms with Crippen molar-refractivity contribution in [2.45, 2.75) is 13.0 Å². The average Bonchev–Trinajstić information content (AvgIpc) is 3.35. The number of nitrogen functional groups attached to an aromatic ring is 2. The number of hydrogen-bond donors (Lipinski definition) is 5. The van der Waals surface area contributed by atoms with E-state index in [1.165, 1.54) is 7.05 Å². The van der Waals surface area contributed by atoms with Gasteiger partial charge in [-0.2, -0.15) is 0 Å². The van der Waals surface area contributed by atoms with E-state index in [-0.39, 0.29) is 6.47 Å². The second-order valence-electron chi connectivity index (χ2n) is 10.8. The van der Waals surface area contributed by atoms with Crippen LogP contribution < -0.4 is 22.1 Å². The number of nitrogens with two attached hydrogens (primary N) is 2. The summed E-state index contributed by atoms with van der Waals surface area (Å²) in [5.41, 5.74) is 13.7. The zero-order chi connectivity index (χ0) is 33.9. The third-order valence-electron chi connectivity index (χ3n) is 8.13. The number of carboxylic acids is 1. The summed E-state index contributed by atoms with van der Waals surface area (Å²) in [4.78, 5) is 90.8. The molecule has 2 aliphatic heterocycles. The van der Waals surface area contributed by atoms with Crippen molar-refractivity contribution >= 4 is 65.2 Å². The van der Waals surface area contributed by atoms with Gasteiger partial charge in [-0.15, -0.1) is 0 Å². The molecule has 2 saturated heterocycles. The number of benzene rings is 2. The van der Waals surface area contributed by atoms with Crippen molar-refractivity contribution in [1.82, 2.24) is 5.32 Å². The number of aliphatic carboxylic acids is 1. The number of carbonyl (C=O) groups excluding carboxylic acids is 7. The van der Waals surface area contributed by atoms with Gasteiger partial charge < -0.3 is 41.4 Å². The lowest BCUT2D eigenvalue weighted by Crippen LogP contribution is -2.64. The van der Waals surface area contributed by atoms with E-state index >= 15 is 0 Å². The minimum absolute atomic E-state index is 0.0879. The highest BCUT2D eigenvalue weighted by atomic mass is 16.6. The average molecular weight is 639 g/mol. The lowest BCUT2D eigenvalue weighted by Gasteiger charge is -2.45. The third-order valence-corrected chi connectivity index (χ3v) is 8.13. The fourth-order valence-corrected chi connectivity index (χ4v) is 5.79. The van der Waals surface area contributed by atoms with Crippen LogP contribution >= 0.6 is 0 Å². The van der Waals surface area contributed by atoms with E-state index in [2.05, 4.69) is 20.1 Å². The largest absolute Gasteiger partial charge is 0.481 e. The molecule has 4 fully saturated rings. The molecule has 16 heteroatoms. The lowest BCUT2D eigenvalue weighted by atomic mass is 9.59. The number of anilines is 3. The van der Waals surface area contributed by atoms with Crippen LogP contribution in [0, 0.1) is 48.3 Å². The maximum Gasteiger partial charge on any atom is 0.318 e. The minimum Gasteiger partial charge on any atom is -0.481 e. The van der Waals surface area contributed by atoms with E-state index < -0.39 is 89.2 Å². The molecule has 16 nitrogen and oxygen atoms in total. The molecule has 0 bridgehead atoms. The van der Waals surface area contributed by atoms with Gasteiger partial charge in [0, 0.05) is 24.1 Å². The van der Waals surface area contributed by atoms with Crippen LogP contribution in [0.25, 0.3) is 0 Å². The van der Waals surface area contributed by atoms with Crippen LogP contribution in [0.2, 0.25) is 0 Å². The Balaban J connectivity index is 0.000000181. The van der Waals surface area contributed by atoms with Crippen molar-refractivity contribution in [2.75, 3.05) is 23.8 Å². The Kier molecular flexibility index (Phi) is 9.68. The molecule has 6 rings (SSSR count). The predicted octanol–water partition coefficient (Wildman–Crippen LogP) is -0.349. The Hall–Kier alpha value is -5.80. The summed E-state index contributed by atoms with van der Waals surface area (Å²) in [6.07, 6.45) is -1.17. The third kappa shape index (κ3) is 6.36. The minimum atomic E-state index is -1.30. The fraction of sp³-hybridized carbons (Fsp3) is 0.333. The Morgan fingerprint density at radius 2 is 1.17 bits per heavy atom. The molecular formula is C30H30N4O12. The van der Waals surface area contributed by atoms with Gasteiger partial charge in [0.2, 0.25) is 11.8 Å². The van der Waals surface area contributed by atoms with E-state index in [9.17, 15) is 43.5 Å². The molecule has 4 unspecified atom stereocenters. The number of nitrogens with one attached hydrogen (secondary N) is 2. The van der Waals surface area contributed by atoms with Crippen molar-refractivity contribution in [2.24, 2.45) is 41.4 Å². The molecule has 4 aliphatic rings. The first-order valence-corrected chi connectivity index (χ1v) is 13.8. The topological polar surface area (TPSA) is 261 Å². The Labute approximate surface area is 260 Å². The van der Waals surface area contributed by atoms with Crippen LogP contribution in [0.15, 0.2) is 48.5 Å². The molecule has 0 radical (unpaired) electrons. The zero-order valence-electron chi connectivity index (χ0n) is 24.4. The number of carboxylic acid groups (broad SMARTS) is 1. The van der Waals surface area contributed by atoms with E-state index in [0.29, 0.717) is 5.69 Å². The SMILES string of the molecule is CNC(=O)C1C(OC=O)C(C(=O)O)C1C(=O)Nc1ccc(C)cc1.Nc1ccc(N)cc1.O=C1OC(=O)C2C1C1C(=O)OC(=O)C21. The van der Waals surface area contributed by atoms with Gasteiger partial charge in [-0.05, 0) is 43.3 Å². The Morgan fingerprint density at radius 3 is 1.54 bits per heavy atom. The highest BCUT2D eigenvalue weighted by Crippen LogP contribution is 2.55. The number of rotatable bonds is 6. The maximum atomic E-state index is 12.5. The van der Waals surface area contributed by atoms with Crippen LogP contribution in [0.1, 0.15) is 5.56 Å². The van der Waals surface area contributed by atoms with Crippen molar-refractivity contribution in [3.8, 4) is 0 Å². The summed E-state index contributed by atoms with van der Waals surface area (Å²) in [6.45, 7) is 1.98. The fourth-order valence-electron chi connectivity index (χ4n) is 5.79. The van der Waals surface area contributed by atoms with Crippen LogP contribution in [0.5, 0.6) is 0 Å². The summed E-state index contributed by atoms with van der Waals surface area (Å²) in [5.74, 6) is -11.9. The highest BCUT2D eigenvalue weighted by Gasteiger charge is 2.72. The number of fused-ring (bicyclic) bond motifs is 4. The van der Waals surface area contributed by atoms with Crippen molar-refractivity contribution in [1.29, 1.82) is 0 Å². The van der Waals surface area contributed by atoms with Gasteiger partial charge in [-0.25, -0.2) is 0 Å². The number of esters is 4. The normalized spacial score (nSPS) is 28.0. The van der Waals surface area contributed by atoms with Crippen LogP contribution in [-0.4, -0.2) is 66.4 Å². The van der Waals surface area contributed by atoms with Gasteiger partial charge in [0.25, 0.3) is 6.47 Å². The van der Waals surface area contributed by atoms with Gasteiger partial charge >= 0.3 is 29.8 Å². The molecule has 2 heterocycles. The molecule has 2 amide bonds. The van der Waals surface area contributed by atoms with Crippen LogP contribution in [0.3, 0.4) is 0 Å². The molecule has 4 atom stereocenters. The highest BCUT2D eigenvalue weighted by molar-refractivity contribution is 6.10. The van der Waals surface area contributed by atoms with Crippen molar-refractivity contribution in [3.63, 3.8) is 0 Å². The van der Waals surface area contributed by atoms with Crippen LogP contribution in [-0.2, 0) is 52.6 Å². The number of carbonyl (C=O) groups is 8. The summed E-state index contributed by atoms with van der Waals surface area (Å²) in [6, 6.07) is 14.0. The summed E-state index contributed by atoms with van der Waals surface area (Å²) in [5, 5.41) is 14.3. The molecule has 2 aliphatic carbocycles.